The number of aromatic nitrogens is 3. The van der Waals surface area contributed by atoms with Crippen LogP contribution >= 0.6 is 0 Å². The Bertz CT molecular complexity index is 789. The molecular weight excluding hydrogens is 264 g/mol. The molecule has 1 aromatic carbocycles. The molecule has 1 aliphatic heterocycles. The third-order valence-corrected chi connectivity index (χ3v) is 4.36. The van der Waals surface area contributed by atoms with Gasteiger partial charge in [-0.25, -0.2) is 0 Å². The third kappa shape index (κ3) is 2.05. The number of aryl methyl sites for hydroxylation is 1. The van der Waals surface area contributed by atoms with Crippen LogP contribution < -0.4 is 0 Å². The van der Waals surface area contributed by atoms with E-state index in [1.807, 2.05) is 6.92 Å². The molecule has 0 bridgehead atoms. The van der Waals surface area contributed by atoms with E-state index in [0.717, 1.165) is 19.5 Å². The van der Waals surface area contributed by atoms with Crippen molar-refractivity contribution in [2.45, 2.75) is 32.9 Å². The van der Waals surface area contributed by atoms with Crippen molar-refractivity contribution in [3.05, 3.63) is 47.2 Å². The minimum atomic E-state index is 0.146. The van der Waals surface area contributed by atoms with Gasteiger partial charge in [0.05, 0.1) is 6.04 Å². The van der Waals surface area contributed by atoms with Crippen LogP contribution in [0.2, 0.25) is 0 Å². The summed E-state index contributed by atoms with van der Waals surface area (Å²) in [6.07, 6.45) is 1.03. The van der Waals surface area contributed by atoms with Gasteiger partial charge >= 0.3 is 0 Å². The largest absolute Gasteiger partial charge is 0.358 e. The number of hydrogen-bond acceptors (Lipinski definition) is 4. The third-order valence-electron chi connectivity index (χ3n) is 4.36. The molecule has 1 N–H and O–H groups in total. The van der Waals surface area contributed by atoms with Gasteiger partial charge in [0.25, 0.3) is 0 Å². The molecule has 0 saturated heterocycles. The summed E-state index contributed by atoms with van der Waals surface area (Å²) in [6, 6.07) is 8.65. The highest BCUT2D eigenvalue weighted by Crippen LogP contribution is 2.31. The van der Waals surface area contributed by atoms with Crippen LogP contribution in [0.5, 0.6) is 0 Å². The Kier molecular flexibility index (Phi) is 2.82. The van der Waals surface area contributed by atoms with Gasteiger partial charge in [0.15, 0.2) is 5.82 Å². The lowest BCUT2D eigenvalue weighted by Crippen LogP contribution is -2.32. The highest BCUT2D eigenvalue weighted by molar-refractivity contribution is 5.84. The van der Waals surface area contributed by atoms with E-state index in [0.29, 0.717) is 11.7 Å². The predicted molar refractivity (Wildman–Crippen MR) is 79.9 cm³/mol. The minimum absolute atomic E-state index is 0.146. The summed E-state index contributed by atoms with van der Waals surface area (Å²) in [4.78, 5) is 10.3. The average molecular weight is 282 g/mol. The number of nitrogens with one attached hydrogen (secondary N) is 1. The quantitative estimate of drug-likeness (QED) is 0.785. The van der Waals surface area contributed by atoms with E-state index in [1.54, 1.807) is 0 Å². The second-order valence-corrected chi connectivity index (χ2v) is 5.70. The maximum absolute atomic E-state index is 5.33. The van der Waals surface area contributed by atoms with Crippen LogP contribution in [0.3, 0.4) is 0 Å². The molecule has 5 heteroatoms. The van der Waals surface area contributed by atoms with Crippen LogP contribution in [-0.4, -0.2) is 26.6 Å². The van der Waals surface area contributed by atoms with Crippen molar-refractivity contribution in [2.24, 2.45) is 0 Å². The number of para-hydroxylation sites is 1. The Balaban J connectivity index is 1.66. The topological polar surface area (TPSA) is 58.0 Å². The van der Waals surface area contributed by atoms with Gasteiger partial charge in [-0.15, -0.1) is 0 Å². The first-order valence-corrected chi connectivity index (χ1v) is 7.35. The lowest BCUT2D eigenvalue weighted by molar-refractivity contribution is 0.158. The monoisotopic (exact) mass is 282 g/mol. The summed E-state index contributed by atoms with van der Waals surface area (Å²) in [5.74, 6) is 1.40. The molecule has 0 aliphatic carbocycles. The molecule has 108 valence electrons. The van der Waals surface area contributed by atoms with Gasteiger partial charge in [-0.1, -0.05) is 23.4 Å². The molecule has 0 fully saturated rings. The average Bonchev–Trinajstić information content (AvgIpc) is 3.09. The highest BCUT2D eigenvalue weighted by atomic mass is 16.5. The first-order chi connectivity index (χ1) is 10.2. The molecule has 5 nitrogen and oxygen atoms in total. The predicted octanol–water partition coefficient (Wildman–Crippen LogP) is 2.98. The Hall–Kier alpha value is -2.14. The molecule has 3 heterocycles. The van der Waals surface area contributed by atoms with Gasteiger partial charge in [0, 0.05) is 36.1 Å². The van der Waals surface area contributed by atoms with Crippen LogP contribution in [0.4, 0.5) is 0 Å². The van der Waals surface area contributed by atoms with E-state index >= 15 is 0 Å². The molecule has 0 unspecified atom stereocenters. The summed E-state index contributed by atoms with van der Waals surface area (Å²) in [7, 11) is 0. The van der Waals surface area contributed by atoms with E-state index in [1.165, 1.54) is 22.2 Å². The fourth-order valence-electron chi connectivity index (χ4n) is 3.16. The number of aromatic amines is 1. The first-order valence-electron chi connectivity index (χ1n) is 7.35. The maximum atomic E-state index is 5.33. The summed E-state index contributed by atoms with van der Waals surface area (Å²) >= 11 is 0. The van der Waals surface area contributed by atoms with Crippen molar-refractivity contribution in [1.82, 2.24) is 20.0 Å². The SMILES string of the molecule is Cc1noc([C@@H](C)N2CCc3[nH]c4ccccc4c3C2)n1. The zero-order valence-electron chi connectivity index (χ0n) is 12.3. The summed E-state index contributed by atoms with van der Waals surface area (Å²) in [5.41, 5.74) is 3.99. The summed E-state index contributed by atoms with van der Waals surface area (Å²) < 4.78 is 5.33. The van der Waals surface area contributed by atoms with Crippen molar-refractivity contribution in [1.29, 1.82) is 0 Å². The van der Waals surface area contributed by atoms with Gasteiger partial charge in [-0.2, -0.15) is 4.98 Å². The lowest BCUT2D eigenvalue weighted by atomic mass is 10.0. The fraction of sp³-hybridized carbons (Fsp3) is 0.375. The van der Waals surface area contributed by atoms with Crippen molar-refractivity contribution in [3.8, 4) is 0 Å². The van der Waals surface area contributed by atoms with E-state index < -0.39 is 0 Å². The number of rotatable bonds is 2. The standard InChI is InChI=1S/C16H18N4O/c1-10(16-17-11(2)19-21-16)20-8-7-15-13(9-20)12-5-3-4-6-14(12)18-15/h3-6,10,18H,7-9H2,1-2H3/t10-/m1/s1. The minimum Gasteiger partial charge on any atom is -0.358 e. The van der Waals surface area contributed by atoms with Crippen molar-refractivity contribution in [3.63, 3.8) is 0 Å². The van der Waals surface area contributed by atoms with Crippen molar-refractivity contribution >= 4 is 10.9 Å². The summed E-state index contributed by atoms with van der Waals surface area (Å²) in [6.45, 7) is 5.91. The van der Waals surface area contributed by atoms with E-state index in [2.05, 4.69) is 51.2 Å². The smallest absolute Gasteiger partial charge is 0.243 e. The molecular formula is C16H18N4O. The lowest BCUT2D eigenvalue weighted by Gasteiger charge is -2.30. The van der Waals surface area contributed by atoms with Crippen LogP contribution in [0.15, 0.2) is 28.8 Å². The molecule has 0 spiro atoms. The van der Waals surface area contributed by atoms with E-state index in [9.17, 15) is 0 Å². The van der Waals surface area contributed by atoms with Gasteiger partial charge in [-0.05, 0) is 25.5 Å². The Morgan fingerprint density at radius 2 is 2.19 bits per heavy atom. The van der Waals surface area contributed by atoms with Gasteiger partial charge in [0.2, 0.25) is 5.89 Å². The number of fused-ring (bicyclic) bond motifs is 3. The van der Waals surface area contributed by atoms with E-state index in [4.69, 9.17) is 4.52 Å². The fourth-order valence-corrected chi connectivity index (χ4v) is 3.16. The van der Waals surface area contributed by atoms with Gasteiger partial charge in [0.1, 0.15) is 0 Å². The molecule has 3 aromatic rings. The molecule has 4 rings (SSSR count). The molecule has 1 atom stereocenters. The molecule has 0 radical (unpaired) electrons. The second kappa shape index (κ2) is 4.70. The van der Waals surface area contributed by atoms with Gasteiger partial charge < -0.3 is 9.51 Å². The number of nitrogens with zero attached hydrogens (tertiary/aromatic N) is 3. The second-order valence-electron chi connectivity index (χ2n) is 5.70. The molecule has 21 heavy (non-hydrogen) atoms. The zero-order chi connectivity index (χ0) is 14.4. The van der Waals surface area contributed by atoms with Crippen molar-refractivity contribution in [2.75, 3.05) is 6.54 Å². The Labute approximate surface area is 123 Å². The van der Waals surface area contributed by atoms with Crippen LogP contribution in [-0.2, 0) is 13.0 Å². The highest BCUT2D eigenvalue weighted by Gasteiger charge is 2.27. The molecule has 0 amide bonds. The molecule has 0 saturated carbocycles. The first kappa shape index (κ1) is 12.6. The summed E-state index contributed by atoms with van der Waals surface area (Å²) in [5, 5.41) is 5.22. The van der Waals surface area contributed by atoms with Crippen LogP contribution in [0.1, 0.15) is 35.9 Å². The molecule has 2 aromatic heterocycles. The van der Waals surface area contributed by atoms with Crippen LogP contribution in [0.25, 0.3) is 10.9 Å². The van der Waals surface area contributed by atoms with Gasteiger partial charge in [-0.3, -0.25) is 4.90 Å². The number of benzene rings is 1. The maximum Gasteiger partial charge on any atom is 0.243 e. The number of hydrogen-bond donors (Lipinski definition) is 1. The normalized spacial score (nSPS) is 17.0. The number of H-pyrrole nitrogens is 1. The zero-order valence-corrected chi connectivity index (χ0v) is 12.3. The Morgan fingerprint density at radius 3 is 3.00 bits per heavy atom. The Morgan fingerprint density at radius 1 is 1.33 bits per heavy atom. The van der Waals surface area contributed by atoms with Crippen LogP contribution in [0, 0.1) is 6.92 Å². The van der Waals surface area contributed by atoms with Crippen molar-refractivity contribution < 1.29 is 4.52 Å². The molecule has 1 aliphatic rings. The van der Waals surface area contributed by atoms with E-state index in [-0.39, 0.29) is 6.04 Å².